The lowest BCUT2D eigenvalue weighted by Gasteiger charge is -2.03. The molecule has 0 bridgehead atoms. The summed E-state index contributed by atoms with van der Waals surface area (Å²) in [5, 5.41) is 2.84. The number of hydrogen-bond acceptors (Lipinski definition) is 3. The van der Waals surface area contributed by atoms with Crippen molar-refractivity contribution in [3.8, 4) is 0 Å². The smallest absolute Gasteiger partial charge is 0.254 e. The summed E-state index contributed by atoms with van der Waals surface area (Å²) in [4.78, 5) is 12.3. The highest BCUT2D eigenvalue weighted by molar-refractivity contribution is 7.80. The molecule has 4 nitrogen and oxygen atoms in total. The highest BCUT2D eigenvalue weighted by Crippen LogP contribution is 2.13. The van der Waals surface area contributed by atoms with Crippen LogP contribution in [0.5, 0.6) is 0 Å². The summed E-state index contributed by atoms with van der Waals surface area (Å²) < 4.78 is 5.30. The Kier molecular flexibility index (Phi) is 5.15. The quantitative estimate of drug-likeness (QED) is 0.602. The maximum atomic E-state index is 11.8. The number of rotatable bonds is 6. The molecule has 5 heteroatoms. The lowest BCUT2D eigenvalue weighted by atomic mass is 10.2. The lowest BCUT2D eigenvalue weighted by Crippen LogP contribution is -2.24. The molecule has 0 aliphatic rings. The molecule has 0 fully saturated rings. The van der Waals surface area contributed by atoms with Crippen molar-refractivity contribution in [2.75, 3.05) is 6.54 Å². The van der Waals surface area contributed by atoms with Crippen LogP contribution in [0.3, 0.4) is 0 Å². The van der Waals surface area contributed by atoms with Crippen LogP contribution >= 0.6 is 12.2 Å². The fourth-order valence-corrected chi connectivity index (χ4v) is 1.72. The van der Waals surface area contributed by atoms with Crippen LogP contribution in [-0.4, -0.2) is 17.4 Å². The molecule has 1 amide bonds. The van der Waals surface area contributed by atoms with E-state index in [1.54, 1.807) is 13.0 Å². The molecule has 0 radical (unpaired) electrons. The largest absolute Gasteiger partial charge is 0.466 e. The second kappa shape index (κ2) is 6.39. The second-order valence-electron chi connectivity index (χ2n) is 4.01. The highest BCUT2D eigenvalue weighted by Gasteiger charge is 2.12. The van der Waals surface area contributed by atoms with Crippen LogP contribution in [0.2, 0.25) is 0 Å². The average Bonchev–Trinajstić information content (AvgIpc) is 2.56. The molecule has 0 saturated carbocycles. The molecule has 94 valence electrons. The van der Waals surface area contributed by atoms with E-state index in [-0.39, 0.29) is 5.91 Å². The highest BCUT2D eigenvalue weighted by atomic mass is 32.1. The van der Waals surface area contributed by atoms with E-state index in [1.807, 2.05) is 6.92 Å². The van der Waals surface area contributed by atoms with E-state index in [9.17, 15) is 4.79 Å². The van der Waals surface area contributed by atoms with Gasteiger partial charge in [0.2, 0.25) is 0 Å². The van der Waals surface area contributed by atoms with Gasteiger partial charge in [-0.1, -0.05) is 12.2 Å². The number of nitrogens with two attached hydrogens (primary N) is 1. The van der Waals surface area contributed by atoms with Crippen molar-refractivity contribution in [1.82, 2.24) is 5.32 Å². The van der Waals surface area contributed by atoms with Crippen LogP contribution < -0.4 is 11.1 Å². The molecule has 0 spiro atoms. The first-order chi connectivity index (χ1) is 8.00. The molecular weight excluding hydrogens is 236 g/mol. The number of aryl methyl sites for hydroxylation is 2. The summed E-state index contributed by atoms with van der Waals surface area (Å²) >= 11 is 4.77. The van der Waals surface area contributed by atoms with Gasteiger partial charge in [0.15, 0.2) is 0 Å². The first-order valence-electron chi connectivity index (χ1n) is 5.64. The Morgan fingerprint density at radius 3 is 2.71 bits per heavy atom. The zero-order valence-corrected chi connectivity index (χ0v) is 11.0. The van der Waals surface area contributed by atoms with Gasteiger partial charge in [-0.3, -0.25) is 4.79 Å². The van der Waals surface area contributed by atoms with Crippen LogP contribution in [0.15, 0.2) is 10.5 Å². The normalized spacial score (nSPS) is 10.2. The third kappa shape index (κ3) is 4.56. The van der Waals surface area contributed by atoms with E-state index in [0.29, 0.717) is 22.9 Å². The standard InChI is InChI=1S/C12H18N2O2S/c1-8-7-10(9(2)16-8)12(15)14-6-4-3-5-11(13)17/h7H,3-6H2,1-2H3,(H2,13,17)(H,14,15). The fraction of sp³-hybridized carbons (Fsp3) is 0.500. The zero-order valence-electron chi connectivity index (χ0n) is 10.2. The van der Waals surface area contributed by atoms with Crippen molar-refractivity contribution in [1.29, 1.82) is 0 Å². The number of carbonyl (C=O) groups excluding carboxylic acids is 1. The monoisotopic (exact) mass is 254 g/mol. The molecule has 0 aliphatic heterocycles. The van der Waals surface area contributed by atoms with Crippen LogP contribution in [0.25, 0.3) is 0 Å². The van der Waals surface area contributed by atoms with Gasteiger partial charge in [0.1, 0.15) is 11.5 Å². The van der Waals surface area contributed by atoms with Gasteiger partial charge in [-0.25, -0.2) is 0 Å². The number of hydrogen-bond donors (Lipinski definition) is 2. The Morgan fingerprint density at radius 1 is 1.47 bits per heavy atom. The Hall–Kier alpha value is -1.36. The van der Waals surface area contributed by atoms with E-state index in [0.717, 1.165) is 25.0 Å². The summed E-state index contributed by atoms with van der Waals surface area (Å²) in [6.45, 7) is 4.24. The first-order valence-corrected chi connectivity index (χ1v) is 6.05. The van der Waals surface area contributed by atoms with E-state index in [2.05, 4.69) is 5.32 Å². The topological polar surface area (TPSA) is 68.3 Å². The Balaban J connectivity index is 2.30. The van der Waals surface area contributed by atoms with E-state index in [4.69, 9.17) is 22.4 Å². The summed E-state index contributed by atoms with van der Waals surface area (Å²) in [5.41, 5.74) is 5.99. The number of carbonyl (C=O) groups is 1. The number of nitrogens with one attached hydrogen (secondary N) is 1. The molecule has 0 aromatic carbocycles. The van der Waals surface area contributed by atoms with Gasteiger partial charge < -0.3 is 15.5 Å². The van der Waals surface area contributed by atoms with Crippen molar-refractivity contribution in [2.24, 2.45) is 5.73 Å². The second-order valence-corrected chi connectivity index (χ2v) is 4.53. The van der Waals surface area contributed by atoms with E-state index >= 15 is 0 Å². The van der Waals surface area contributed by atoms with Crippen molar-refractivity contribution in [3.05, 3.63) is 23.2 Å². The Labute approximate surface area is 107 Å². The molecule has 1 rings (SSSR count). The van der Waals surface area contributed by atoms with Gasteiger partial charge in [-0.2, -0.15) is 0 Å². The van der Waals surface area contributed by atoms with Crippen LogP contribution in [0.1, 0.15) is 41.1 Å². The summed E-state index contributed by atoms with van der Waals surface area (Å²) in [6.07, 6.45) is 2.51. The van der Waals surface area contributed by atoms with Crippen LogP contribution in [0, 0.1) is 13.8 Å². The predicted molar refractivity (Wildman–Crippen MR) is 71.2 cm³/mol. The molecule has 0 unspecified atom stereocenters. The molecule has 3 N–H and O–H groups in total. The minimum atomic E-state index is -0.0883. The van der Waals surface area contributed by atoms with Gasteiger partial charge in [0.05, 0.1) is 10.6 Å². The number of thiocarbonyl (C=S) groups is 1. The van der Waals surface area contributed by atoms with E-state index in [1.165, 1.54) is 0 Å². The summed E-state index contributed by atoms with van der Waals surface area (Å²) in [6, 6.07) is 1.75. The third-order valence-corrected chi connectivity index (χ3v) is 2.63. The minimum absolute atomic E-state index is 0.0883. The predicted octanol–water partition coefficient (Wildman–Crippen LogP) is 2.08. The average molecular weight is 254 g/mol. The summed E-state index contributed by atoms with van der Waals surface area (Å²) in [7, 11) is 0. The number of furan rings is 1. The first kappa shape index (κ1) is 13.7. The fourth-order valence-electron chi connectivity index (χ4n) is 1.58. The molecule has 1 aromatic heterocycles. The molecular formula is C12H18N2O2S. The molecule has 0 aliphatic carbocycles. The Morgan fingerprint density at radius 2 is 2.18 bits per heavy atom. The molecule has 0 saturated heterocycles. The Bertz CT molecular complexity index is 413. The van der Waals surface area contributed by atoms with Gasteiger partial charge in [0, 0.05) is 6.54 Å². The van der Waals surface area contributed by atoms with Gasteiger partial charge in [-0.15, -0.1) is 0 Å². The maximum Gasteiger partial charge on any atom is 0.254 e. The van der Waals surface area contributed by atoms with Crippen molar-refractivity contribution >= 4 is 23.1 Å². The van der Waals surface area contributed by atoms with Gasteiger partial charge >= 0.3 is 0 Å². The molecule has 0 atom stereocenters. The number of amides is 1. The van der Waals surface area contributed by atoms with Gasteiger partial charge in [0.25, 0.3) is 5.91 Å². The van der Waals surface area contributed by atoms with Crippen LogP contribution in [-0.2, 0) is 0 Å². The lowest BCUT2D eigenvalue weighted by molar-refractivity contribution is 0.0951. The van der Waals surface area contributed by atoms with Gasteiger partial charge in [-0.05, 0) is 39.2 Å². The molecule has 1 heterocycles. The van der Waals surface area contributed by atoms with Crippen molar-refractivity contribution in [3.63, 3.8) is 0 Å². The summed E-state index contributed by atoms with van der Waals surface area (Å²) in [5.74, 6) is 1.32. The SMILES string of the molecule is Cc1cc(C(=O)NCCCCC(N)=S)c(C)o1. The minimum Gasteiger partial charge on any atom is -0.466 e. The number of unbranched alkanes of at least 4 members (excludes halogenated alkanes) is 1. The van der Waals surface area contributed by atoms with Crippen LogP contribution in [0.4, 0.5) is 0 Å². The van der Waals surface area contributed by atoms with Crippen molar-refractivity contribution < 1.29 is 9.21 Å². The third-order valence-electron chi connectivity index (χ3n) is 2.42. The molecule has 17 heavy (non-hydrogen) atoms. The molecule has 1 aromatic rings. The maximum absolute atomic E-state index is 11.8. The zero-order chi connectivity index (χ0) is 12.8. The van der Waals surface area contributed by atoms with E-state index < -0.39 is 0 Å². The van der Waals surface area contributed by atoms with Crippen molar-refractivity contribution in [2.45, 2.75) is 33.1 Å².